The van der Waals surface area contributed by atoms with Crippen molar-refractivity contribution in [2.24, 2.45) is 5.73 Å². The number of nitrogens with two attached hydrogens (primary N) is 1. The lowest BCUT2D eigenvalue weighted by atomic mass is 9.91. The Bertz CT molecular complexity index is 436. The molecule has 0 aliphatic heterocycles. The van der Waals surface area contributed by atoms with Crippen LogP contribution in [0.2, 0.25) is 0 Å². The highest BCUT2D eigenvalue weighted by Crippen LogP contribution is 2.18. The summed E-state index contributed by atoms with van der Waals surface area (Å²) in [6, 6.07) is 7.18. The van der Waals surface area contributed by atoms with Gasteiger partial charge in [-0.2, -0.15) is 0 Å². The summed E-state index contributed by atoms with van der Waals surface area (Å²) >= 11 is 0. The van der Waals surface area contributed by atoms with Crippen molar-refractivity contribution >= 4 is 11.7 Å². The van der Waals surface area contributed by atoms with Crippen LogP contribution in [0.5, 0.6) is 5.75 Å². The van der Waals surface area contributed by atoms with Crippen molar-refractivity contribution in [1.29, 1.82) is 0 Å². The molecule has 0 spiro atoms. The van der Waals surface area contributed by atoms with E-state index in [1.54, 1.807) is 13.2 Å². The maximum atomic E-state index is 11.9. The van der Waals surface area contributed by atoms with Gasteiger partial charge in [0.15, 0.2) is 0 Å². The van der Waals surface area contributed by atoms with Crippen LogP contribution in [0.15, 0.2) is 24.3 Å². The van der Waals surface area contributed by atoms with Crippen LogP contribution in [-0.4, -0.2) is 25.2 Å². The predicted octanol–water partition coefficient (Wildman–Crippen LogP) is 2.09. The zero-order chi connectivity index (χ0) is 13.7. The van der Waals surface area contributed by atoms with Gasteiger partial charge in [-0.25, -0.2) is 4.79 Å². The molecule has 0 radical (unpaired) electrons. The van der Waals surface area contributed by atoms with Gasteiger partial charge in [-0.1, -0.05) is 18.9 Å². The van der Waals surface area contributed by atoms with Crippen molar-refractivity contribution in [3.05, 3.63) is 24.3 Å². The van der Waals surface area contributed by atoms with E-state index in [1.165, 1.54) is 0 Å². The van der Waals surface area contributed by atoms with Crippen LogP contribution < -0.4 is 21.1 Å². The fourth-order valence-electron chi connectivity index (χ4n) is 2.38. The minimum atomic E-state index is -0.212. The van der Waals surface area contributed by atoms with Crippen LogP contribution in [0.25, 0.3) is 0 Å². The lowest BCUT2D eigenvalue weighted by Crippen LogP contribution is -2.50. The minimum Gasteiger partial charge on any atom is -0.497 e. The van der Waals surface area contributed by atoms with Crippen LogP contribution in [-0.2, 0) is 0 Å². The average Bonchev–Trinajstić information content (AvgIpc) is 2.41. The van der Waals surface area contributed by atoms with E-state index < -0.39 is 0 Å². The van der Waals surface area contributed by atoms with Crippen LogP contribution in [0.1, 0.15) is 25.7 Å². The quantitative estimate of drug-likeness (QED) is 0.781. The summed E-state index contributed by atoms with van der Waals surface area (Å²) in [5, 5.41) is 5.74. The number of methoxy groups -OCH3 is 1. The Balaban J connectivity index is 1.89. The molecule has 2 amide bonds. The molecule has 0 bridgehead atoms. The minimum absolute atomic E-state index is 0.0600. The van der Waals surface area contributed by atoms with Crippen LogP contribution in [0.4, 0.5) is 10.5 Å². The summed E-state index contributed by atoms with van der Waals surface area (Å²) in [4.78, 5) is 11.9. The molecule has 1 fully saturated rings. The summed E-state index contributed by atoms with van der Waals surface area (Å²) in [5.74, 6) is 0.715. The zero-order valence-corrected chi connectivity index (χ0v) is 11.2. The first-order chi connectivity index (χ1) is 9.19. The van der Waals surface area contributed by atoms with E-state index in [2.05, 4.69) is 10.6 Å². The molecule has 5 heteroatoms. The van der Waals surface area contributed by atoms with Gasteiger partial charge in [-0.05, 0) is 25.0 Å². The van der Waals surface area contributed by atoms with Crippen molar-refractivity contribution in [3.8, 4) is 5.75 Å². The van der Waals surface area contributed by atoms with Crippen LogP contribution in [0, 0.1) is 0 Å². The summed E-state index contributed by atoms with van der Waals surface area (Å²) in [7, 11) is 1.60. The molecular formula is C14H21N3O2. The molecule has 104 valence electrons. The number of amides is 2. The average molecular weight is 263 g/mol. The second-order valence-electron chi connectivity index (χ2n) is 4.89. The molecule has 1 saturated carbocycles. The van der Waals surface area contributed by atoms with Crippen LogP contribution in [0.3, 0.4) is 0 Å². The molecule has 19 heavy (non-hydrogen) atoms. The maximum Gasteiger partial charge on any atom is 0.319 e. The van der Waals surface area contributed by atoms with Crippen molar-refractivity contribution in [2.45, 2.75) is 37.8 Å². The Morgan fingerprint density at radius 1 is 1.37 bits per heavy atom. The lowest BCUT2D eigenvalue weighted by Gasteiger charge is -2.29. The van der Waals surface area contributed by atoms with E-state index in [0.717, 1.165) is 25.7 Å². The molecule has 1 aliphatic rings. The van der Waals surface area contributed by atoms with E-state index >= 15 is 0 Å². The Hall–Kier alpha value is -1.75. The second-order valence-corrected chi connectivity index (χ2v) is 4.89. The largest absolute Gasteiger partial charge is 0.497 e. The Morgan fingerprint density at radius 3 is 2.89 bits per heavy atom. The monoisotopic (exact) mass is 263 g/mol. The number of carbonyl (C=O) groups is 1. The molecule has 5 nitrogen and oxygen atoms in total. The predicted molar refractivity (Wildman–Crippen MR) is 75.4 cm³/mol. The van der Waals surface area contributed by atoms with Crippen molar-refractivity contribution < 1.29 is 9.53 Å². The van der Waals surface area contributed by atoms with Crippen LogP contribution >= 0.6 is 0 Å². The van der Waals surface area contributed by atoms with Gasteiger partial charge in [0.25, 0.3) is 0 Å². The van der Waals surface area contributed by atoms with Gasteiger partial charge in [-0.15, -0.1) is 0 Å². The number of ether oxygens (including phenoxy) is 1. The van der Waals surface area contributed by atoms with E-state index in [-0.39, 0.29) is 18.1 Å². The van der Waals surface area contributed by atoms with Gasteiger partial charge in [-0.3, -0.25) is 0 Å². The smallest absolute Gasteiger partial charge is 0.319 e. The first-order valence-electron chi connectivity index (χ1n) is 6.66. The fraction of sp³-hybridized carbons (Fsp3) is 0.500. The molecule has 1 aromatic carbocycles. The summed E-state index contributed by atoms with van der Waals surface area (Å²) < 4.78 is 5.11. The van der Waals surface area contributed by atoms with Crippen molar-refractivity contribution in [2.75, 3.05) is 12.4 Å². The topological polar surface area (TPSA) is 76.4 Å². The Morgan fingerprint density at radius 2 is 2.16 bits per heavy atom. The van der Waals surface area contributed by atoms with Gasteiger partial charge in [0, 0.05) is 23.8 Å². The number of hydrogen-bond acceptors (Lipinski definition) is 3. The third kappa shape index (κ3) is 3.86. The van der Waals surface area contributed by atoms with Crippen molar-refractivity contribution in [1.82, 2.24) is 5.32 Å². The molecule has 1 aliphatic carbocycles. The Labute approximate surface area is 113 Å². The molecule has 4 N–H and O–H groups in total. The second kappa shape index (κ2) is 6.43. The highest BCUT2D eigenvalue weighted by Gasteiger charge is 2.23. The van der Waals surface area contributed by atoms with Gasteiger partial charge < -0.3 is 21.1 Å². The Kier molecular flexibility index (Phi) is 4.63. The molecule has 0 aromatic heterocycles. The highest BCUT2D eigenvalue weighted by molar-refractivity contribution is 5.89. The SMILES string of the molecule is COc1cccc(NC(=O)N[C@@H]2CCCC[C@H]2N)c1. The van der Waals surface area contributed by atoms with Crippen molar-refractivity contribution in [3.63, 3.8) is 0 Å². The number of anilines is 1. The first-order valence-corrected chi connectivity index (χ1v) is 6.66. The van der Waals surface area contributed by atoms with Gasteiger partial charge in [0.1, 0.15) is 5.75 Å². The van der Waals surface area contributed by atoms with E-state index in [0.29, 0.717) is 11.4 Å². The summed E-state index contributed by atoms with van der Waals surface area (Å²) in [5.41, 5.74) is 6.71. The first kappa shape index (κ1) is 13.7. The summed E-state index contributed by atoms with van der Waals surface area (Å²) in [6.07, 6.45) is 4.20. The number of hydrogen-bond donors (Lipinski definition) is 3. The van der Waals surface area contributed by atoms with E-state index in [4.69, 9.17) is 10.5 Å². The molecule has 2 rings (SSSR count). The number of benzene rings is 1. The van der Waals surface area contributed by atoms with Gasteiger partial charge >= 0.3 is 6.03 Å². The van der Waals surface area contributed by atoms with E-state index in [1.807, 2.05) is 18.2 Å². The van der Waals surface area contributed by atoms with Gasteiger partial charge in [0.05, 0.1) is 7.11 Å². The number of carbonyl (C=O) groups excluding carboxylic acids is 1. The third-order valence-corrected chi connectivity index (χ3v) is 3.46. The molecule has 1 aromatic rings. The van der Waals surface area contributed by atoms with E-state index in [9.17, 15) is 4.79 Å². The normalized spacial score (nSPS) is 22.6. The third-order valence-electron chi connectivity index (χ3n) is 3.46. The highest BCUT2D eigenvalue weighted by atomic mass is 16.5. The molecule has 0 saturated heterocycles. The molecular weight excluding hydrogens is 242 g/mol. The number of urea groups is 1. The van der Waals surface area contributed by atoms with Gasteiger partial charge in [0.2, 0.25) is 0 Å². The molecule has 2 atom stereocenters. The number of nitrogens with one attached hydrogen (secondary N) is 2. The molecule has 0 heterocycles. The number of rotatable bonds is 3. The summed E-state index contributed by atoms with van der Waals surface area (Å²) in [6.45, 7) is 0. The molecule has 0 unspecified atom stereocenters. The zero-order valence-electron chi connectivity index (χ0n) is 11.2. The lowest BCUT2D eigenvalue weighted by molar-refractivity contribution is 0.240. The standard InChI is InChI=1S/C14H21N3O2/c1-19-11-6-4-5-10(9-11)16-14(18)17-13-8-3-2-7-12(13)15/h4-6,9,12-13H,2-3,7-8,15H2,1H3,(H2,16,17,18)/t12-,13-/m1/s1. The maximum absolute atomic E-state index is 11.9. The fourth-order valence-corrected chi connectivity index (χ4v) is 2.38.